The average Bonchev–Trinajstić information content (AvgIpc) is 2.35. The second-order valence-corrected chi connectivity index (χ2v) is 4.82. The average molecular weight is 299 g/mol. The van der Waals surface area contributed by atoms with Crippen LogP contribution in [0.4, 0.5) is 14.5 Å². The normalized spacial score (nSPS) is 14.6. The molecule has 0 saturated carbocycles. The molecule has 2 rings (SSSR count). The van der Waals surface area contributed by atoms with Crippen molar-refractivity contribution in [3.63, 3.8) is 0 Å². The molecule has 1 aromatic rings. The lowest BCUT2D eigenvalue weighted by atomic mass is 10.1. The molecule has 1 aliphatic heterocycles. The number of nitro groups is 1. The number of halogens is 2. The molecule has 0 spiro atoms. The van der Waals surface area contributed by atoms with Gasteiger partial charge in [0.05, 0.1) is 11.0 Å². The third kappa shape index (κ3) is 2.85. The minimum atomic E-state index is -1.42. The monoisotopic (exact) mass is 299 g/mol. The van der Waals surface area contributed by atoms with Crippen molar-refractivity contribution >= 4 is 11.6 Å². The number of hydrogen-bond donors (Lipinski definition) is 1. The molecule has 0 aliphatic carbocycles. The lowest BCUT2D eigenvalue weighted by Crippen LogP contribution is -2.59. The van der Waals surface area contributed by atoms with Gasteiger partial charge in [0.25, 0.3) is 5.91 Å². The summed E-state index contributed by atoms with van der Waals surface area (Å²) in [6.07, 6.45) is 0.625. The third-order valence-electron chi connectivity index (χ3n) is 3.41. The van der Waals surface area contributed by atoms with Gasteiger partial charge in [-0.3, -0.25) is 14.9 Å². The summed E-state index contributed by atoms with van der Waals surface area (Å²) >= 11 is 0. The maximum absolute atomic E-state index is 14.1. The van der Waals surface area contributed by atoms with Crippen LogP contribution < -0.4 is 5.32 Å². The van der Waals surface area contributed by atoms with Gasteiger partial charge in [-0.2, -0.15) is 4.39 Å². The SMILES string of the molecule is CCCN(C(=O)c1c(F)ccc([N+](=O)[O-])c1F)C1CNC1. The smallest absolute Gasteiger partial charge is 0.305 e. The first-order chi connectivity index (χ1) is 9.97. The molecule has 1 saturated heterocycles. The topological polar surface area (TPSA) is 75.5 Å². The Balaban J connectivity index is 2.41. The molecule has 21 heavy (non-hydrogen) atoms. The second kappa shape index (κ2) is 6.13. The van der Waals surface area contributed by atoms with Crippen LogP contribution >= 0.6 is 0 Å². The molecule has 1 aromatic carbocycles. The van der Waals surface area contributed by atoms with Crippen LogP contribution in [0.5, 0.6) is 0 Å². The number of benzene rings is 1. The first-order valence-corrected chi connectivity index (χ1v) is 6.61. The van der Waals surface area contributed by atoms with E-state index >= 15 is 0 Å². The summed E-state index contributed by atoms with van der Waals surface area (Å²) in [7, 11) is 0. The molecule has 114 valence electrons. The predicted octanol–water partition coefficient (Wildman–Crippen LogP) is 1.70. The number of carbonyl (C=O) groups is 1. The molecule has 1 heterocycles. The van der Waals surface area contributed by atoms with E-state index in [9.17, 15) is 23.7 Å². The van der Waals surface area contributed by atoms with Crippen LogP contribution in [0.2, 0.25) is 0 Å². The fourth-order valence-corrected chi connectivity index (χ4v) is 2.21. The van der Waals surface area contributed by atoms with Crippen LogP contribution in [0, 0.1) is 21.7 Å². The lowest BCUT2D eigenvalue weighted by molar-refractivity contribution is -0.387. The summed E-state index contributed by atoms with van der Waals surface area (Å²) in [6, 6.07) is 1.32. The minimum absolute atomic E-state index is 0.143. The van der Waals surface area contributed by atoms with Crippen LogP contribution in [0.25, 0.3) is 0 Å². The second-order valence-electron chi connectivity index (χ2n) is 4.82. The summed E-state index contributed by atoms with van der Waals surface area (Å²) in [5, 5.41) is 13.7. The number of hydrogen-bond acceptors (Lipinski definition) is 4. The van der Waals surface area contributed by atoms with Gasteiger partial charge < -0.3 is 10.2 Å². The van der Waals surface area contributed by atoms with Crippen molar-refractivity contribution < 1.29 is 18.5 Å². The van der Waals surface area contributed by atoms with Crippen molar-refractivity contribution in [3.8, 4) is 0 Å². The van der Waals surface area contributed by atoms with Gasteiger partial charge in [0, 0.05) is 25.7 Å². The van der Waals surface area contributed by atoms with Gasteiger partial charge in [-0.15, -0.1) is 0 Å². The molecular weight excluding hydrogens is 284 g/mol. The summed E-state index contributed by atoms with van der Waals surface area (Å²) in [5.74, 6) is -3.35. The Morgan fingerprint density at radius 1 is 1.48 bits per heavy atom. The fourth-order valence-electron chi connectivity index (χ4n) is 2.21. The number of carbonyl (C=O) groups excluding carboxylic acids is 1. The predicted molar refractivity (Wildman–Crippen MR) is 71.0 cm³/mol. The zero-order valence-corrected chi connectivity index (χ0v) is 11.4. The third-order valence-corrected chi connectivity index (χ3v) is 3.41. The standard InChI is InChI=1S/C13H15F2N3O3/c1-2-5-17(8-6-16-7-8)13(19)11-9(14)3-4-10(12(11)15)18(20)21/h3-4,8,16H,2,5-7H2,1H3. The van der Waals surface area contributed by atoms with Gasteiger partial charge >= 0.3 is 5.69 Å². The molecule has 1 N–H and O–H groups in total. The van der Waals surface area contributed by atoms with Crippen LogP contribution in [0.1, 0.15) is 23.7 Å². The van der Waals surface area contributed by atoms with Crippen LogP contribution in [-0.2, 0) is 0 Å². The first kappa shape index (κ1) is 15.3. The van der Waals surface area contributed by atoms with E-state index in [0.717, 1.165) is 12.1 Å². The molecule has 8 heteroatoms. The molecule has 0 aromatic heterocycles. The number of amides is 1. The van der Waals surface area contributed by atoms with Crippen molar-refractivity contribution in [3.05, 3.63) is 39.4 Å². The van der Waals surface area contributed by atoms with E-state index < -0.39 is 33.7 Å². The van der Waals surface area contributed by atoms with Crippen LogP contribution in [0.15, 0.2) is 12.1 Å². The summed E-state index contributed by atoms with van der Waals surface area (Å²) < 4.78 is 27.9. The maximum atomic E-state index is 14.1. The molecular formula is C13H15F2N3O3. The summed E-state index contributed by atoms with van der Waals surface area (Å²) in [5.41, 5.74) is -1.76. The molecule has 1 aliphatic rings. The first-order valence-electron chi connectivity index (χ1n) is 6.61. The molecule has 1 amide bonds. The molecule has 6 nitrogen and oxygen atoms in total. The van der Waals surface area contributed by atoms with Gasteiger partial charge in [0.15, 0.2) is 0 Å². The van der Waals surface area contributed by atoms with Crippen molar-refractivity contribution in [1.29, 1.82) is 0 Å². The summed E-state index contributed by atoms with van der Waals surface area (Å²) in [6.45, 7) is 3.27. The van der Waals surface area contributed by atoms with Gasteiger partial charge in [0.2, 0.25) is 5.82 Å². The van der Waals surface area contributed by atoms with Crippen molar-refractivity contribution in [2.45, 2.75) is 19.4 Å². The van der Waals surface area contributed by atoms with Crippen LogP contribution in [-0.4, -0.2) is 41.4 Å². The Morgan fingerprint density at radius 2 is 2.14 bits per heavy atom. The number of nitro benzene ring substituents is 1. The number of nitrogens with zero attached hydrogens (tertiary/aromatic N) is 2. The highest BCUT2D eigenvalue weighted by Gasteiger charge is 2.34. The Kier molecular flexibility index (Phi) is 4.46. The Labute approximate surface area is 119 Å². The highest BCUT2D eigenvalue weighted by atomic mass is 19.1. The van der Waals surface area contributed by atoms with E-state index in [0.29, 0.717) is 26.1 Å². The van der Waals surface area contributed by atoms with E-state index in [1.807, 2.05) is 6.92 Å². The zero-order chi connectivity index (χ0) is 15.6. The molecule has 0 unspecified atom stereocenters. The van der Waals surface area contributed by atoms with E-state index in [4.69, 9.17) is 0 Å². The zero-order valence-electron chi connectivity index (χ0n) is 11.4. The molecule has 1 fully saturated rings. The van der Waals surface area contributed by atoms with E-state index in [1.54, 1.807) is 0 Å². The van der Waals surface area contributed by atoms with Gasteiger partial charge in [0.1, 0.15) is 11.4 Å². The maximum Gasteiger partial charge on any atom is 0.305 e. The number of nitrogens with one attached hydrogen (secondary N) is 1. The van der Waals surface area contributed by atoms with E-state index in [-0.39, 0.29) is 6.04 Å². The Bertz CT molecular complexity index is 576. The minimum Gasteiger partial charge on any atom is -0.333 e. The number of rotatable bonds is 5. The molecule has 0 bridgehead atoms. The van der Waals surface area contributed by atoms with E-state index in [1.165, 1.54) is 4.90 Å². The van der Waals surface area contributed by atoms with E-state index in [2.05, 4.69) is 5.32 Å². The van der Waals surface area contributed by atoms with Crippen LogP contribution in [0.3, 0.4) is 0 Å². The molecule has 0 radical (unpaired) electrons. The fraction of sp³-hybridized carbons (Fsp3) is 0.462. The van der Waals surface area contributed by atoms with Gasteiger partial charge in [-0.05, 0) is 12.5 Å². The highest BCUT2D eigenvalue weighted by molar-refractivity contribution is 5.95. The van der Waals surface area contributed by atoms with Gasteiger partial charge in [-0.25, -0.2) is 4.39 Å². The van der Waals surface area contributed by atoms with Gasteiger partial charge in [-0.1, -0.05) is 6.92 Å². The Hall–Kier alpha value is -2.09. The van der Waals surface area contributed by atoms with Crippen molar-refractivity contribution in [2.75, 3.05) is 19.6 Å². The quantitative estimate of drug-likeness (QED) is 0.663. The highest BCUT2D eigenvalue weighted by Crippen LogP contribution is 2.25. The molecule has 0 atom stereocenters. The lowest BCUT2D eigenvalue weighted by Gasteiger charge is -2.38. The summed E-state index contributed by atoms with van der Waals surface area (Å²) in [4.78, 5) is 23.5. The Morgan fingerprint density at radius 3 is 2.62 bits per heavy atom. The van der Waals surface area contributed by atoms with Crippen molar-refractivity contribution in [1.82, 2.24) is 10.2 Å². The largest absolute Gasteiger partial charge is 0.333 e. The van der Waals surface area contributed by atoms with Crippen molar-refractivity contribution in [2.24, 2.45) is 0 Å².